The van der Waals surface area contributed by atoms with Crippen LogP contribution in [-0.4, -0.2) is 28.6 Å². The fourth-order valence-corrected chi connectivity index (χ4v) is 3.07. The number of aliphatic carboxylic acids is 1. The topological polar surface area (TPSA) is 116 Å². The molecule has 2 rings (SSSR count). The van der Waals surface area contributed by atoms with Gasteiger partial charge in [-0.3, -0.25) is 9.78 Å². The van der Waals surface area contributed by atoms with Gasteiger partial charge in [-0.2, -0.15) is 5.26 Å². The van der Waals surface area contributed by atoms with Crippen molar-refractivity contribution in [2.24, 2.45) is 16.6 Å². The lowest BCUT2D eigenvalue weighted by molar-refractivity contribution is -0.137. The Labute approximate surface area is 177 Å². The zero-order chi connectivity index (χ0) is 21.9. The summed E-state index contributed by atoms with van der Waals surface area (Å²) in [6.45, 7) is 4.75. The third-order valence-electron chi connectivity index (χ3n) is 4.37. The van der Waals surface area contributed by atoms with E-state index in [0.29, 0.717) is 25.3 Å². The highest BCUT2D eigenvalue weighted by atomic mass is 16.4. The van der Waals surface area contributed by atoms with Crippen molar-refractivity contribution in [2.75, 3.05) is 11.4 Å². The van der Waals surface area contributed by atoms with Crippen molar-refractivity contribution < 1.29 is 9.90 Å². The van der Waals surface area contributed by atoms with Crippen molar-refractivity contribution in [1.29, 1.82) is 5.26 Å². The van der Waals surface area contributed by atoms with Crippen LogP contribution in [-0.2, 0) is 4.79 Å². The maximum Gasteiger partial charge on any atom is 0.303 e. The Hall–Kier alpha value is -3.66. The molecule has 3 N–H and O–H groups in total. The lowest BCUT2D eigenvalue weighted by Gasteiger charge is -2.25. The molecule has 0 bridgehead atoms. The quantitative estimate of drug-likeness (QED) is 0.282. The monoisotopic (exact) mass is 405 g/mol. The minimum Gasteiger partial charge on any atom is -0.481 e. The molecule has 7 heteroatoms. The molecule has 30 heavy (non-hydrogen) atoms. The number of aliphatic imine (C=N–C) groups is 1. The minimum absolute atomic E-state index is 0.125. The molecule has 156 valence electrons. The lowest BCUT2D eigenvalue weighted by Crippen LogP contribution is -2.39. The van der Waals surface area contributed by atoms with Gasteiger partial charge in [0.05, 0.1) is 0 Å². The van der Waals surface area contributed by atoms with Crippen molar-refractivity contribution in [3.63, 3.8) is 0 Å². The maximum absolute atomic E-state index is 10.8. The molecule has 0 unspecified atom stereocenters. The Morgan fingerprint density at radius 1 is 1.33 bits per heavy atom. The molecule has 0 spiro atoms. The summed E-state index contributed by atoms with van der Waals surface area (Å²) in [6, 6.07) is 11.7. The summed E-state index contributed by atoms with van der Waals surface area (Å²) in [4.78, 5) is 20.6. The first-order valence-electron chi connectivity index (χ1n) is 9.85. The standard InChI is InChI=1S/C23H27N5O2/c1-17(2)15-28(23(25)27-16-24)20-9-5-7-18(13-20)21(10-3-4-11-22(29)30)19-8-6-12-26-14-19/h5-10,12-14,17H,3-4,11,15H2,1-2H3,(H2,25,27)(H,29,30)/b21-10+. The van der Waals surface area contributed by atoms with E-state index in [1.807, 2.05) is 47.4 Å². The van der Waals surface area contributed by atoms with Gasteiger partial charge in [0.1, 0.15) is 0 Å². The van der Waals surface area contributed by atoms with Gasteiger partial charge in [-0.05, 0) is 48.1 Å². The molecule has 1 aromatic carbocycles. The number of guanidine groups is 1. The van der Waals surface area contributed by atoms with Gasteiger partial charge in [0.25, 0.3) is 0 Å². The van der Waals surface area contributed by atoms with Crippen LogP contribution in [0, 0.1) is 17.4 Å². The van der Waals surface area contributed by atoms with Crippen molar-refractivity contribution in [3.05, 3.63) is 66.0 Å². The van der Waals surface area contributed by atoms with Gasteiger partial charge in [0.15, 0.2) is 0 Å². The smallest absolute Gasteiger partial charge is 0.303 e. The molecule has 0 radical (unpaired) electrons. The lowest BCUT2D eigenvalue weighted by atomic mass is 9.97. The average Bonchev–Trinajstić information content (AvgIpc) is 2.72. The molecule has 2 aromatic rings. The van der Waals surface area contributed by atoms with Crippen molar-refractivity contribution in [2.45, 2.75) is 33.1 Å². The van der Waals surface area contributed by atoms with E-state index in [1.54, 1.807) is 18.6 Å². The van der Waals surface area contributed by atoms with Gasteiger partial charge < -0.3 is 15.7 Å². The van der Waals surface area contributed by atoms with Crippen molar-refractivity contribution in [1.82, 2.24) is 4.98 Å². The first-order chi connectivity index (χ1) is 14.4. The maximum atomic E-state index is 10.8. The van der Waals surface area contributed by atoms with Gasteiger partial charge in [-0.1, -0.05) is 38.1 Å². The second kappa shape index (κ2) is 11.4. The van der Waals surface area contributed by atoms with E-state index in [4.69, 9.17) is 16.1 Å². The summed E-state index contributed by atoms with van der Waals surface area (Å²) in [5, 5.41) is 17.8. The summed E-state index contributed by atoms with van der Waals surface area (Å²) < 4.78 is 0. The number of nitrogens with two attached hydrogens (primary N) is 1. The molecule has 0 aliphatic heterocycles. The second-order valence-electron chi connectivity index (χ2n) is 7.27. The Bertz CT molecular complexity index is 946. The van der Waals surface area contributed by atoms with E-state index in [9.17, 15) is 4.79 Å². The van der Waals surface area contributed by atoms with Crippen LogP contribution >= 0.6 is 0 Å². The summed E-state index contributed by atoms with van der Waals surface area (Å²) in [7, 11) is 0. The number of rotatable bonds is 9. The molecule has 7 nitrogen and oxygen atoms in total. The molecule has 1 aromatic heterocycles. The van der Waals surface area contributed by atoms with Gasteiger partial charge >= 0.3 is 5.97 Å². The molecule has 1 heterocycles. The highest BCUT2D eigenvalue weighted by molar-refractivity contribution is 5.96. The largest absolute Gasteiger partial charge is 0.481 e. The van der Waals surface area contributed by atoms with Crippen LogP contribution in [0.3, 0.4) is 0 Å². The third-order valence-corrected chi connectivity index (χ3v) is 4.37. The van der Waals surface area contributed by atoms with Crippen LogP contribution in [0.15, 0.2) is 59.9 Å². The fourth-order valence-electron chi connectivity index (χ4n) is 3.07. The van der Waals surface area contributed by atoms with Gasteiger partial charge in [-0.15, -0.1) is 4.99 Å². The van der Waals surface area contributed by atoms with Crippen molar-refractivity contribution >= 4 is 23.2 Å². The molecule has 0 aliphatic rings. The molecular weight excluding hydrogens is 378 g/mol. The van der Waals surface area contributed by atoms with Crippen LogP contribution in [0.5, 0.6) is 0 Å². The van der Waals surface area contributed by atoms with Crippen molar-refractivity contribution in [3.8, 4) is 6.19 Å². The molecule has 0 amide bonds. The first kappa shape index (κ1) is 22.6. The predicted molar refractivity (Wildman–Crippen MR) is 119 cm³/mol. The molecule has 0 fully saturated rings. The molecular formula is C23H27N5O2. The van der Waals surface area contributed by atoms with E-state index in [-0.39, 0.29) is 12.4 Å². The molecule has 0 aliphatic carbocycles. The number of hydrogen-bond donors (Lipinski definition) is 2. The Kier molecular flexibility index (Phi) is 8.57. The first-order valence-corrected chi connectivity index (χ1v) is 9.85. The predicted octanol–water partition coefficient (Wildman–Crippen LogP) is 4.03. The Balaban J connectivity index is 2.44. The number of aromatic nitrogens is 1. The summed E-state index contributed by atoms with van der Waals surface area (Å²) >= 11 is 0. The number of unbranched alkanes of at least 4 members (excludes halogenated alkanes) is 1. The third kappa shape index (κ3) is 6.74. The second-order valence-corrected chi connectivity index (χ2v) is 7.27. The van der Waals surface area contributed by atoms with E-state index in [2.05, 4.69) is 23.8 Å². The summed E-state index contributed by atoms with van der Waals surface area (Å²) in [6.07, 6.45) is 8.60. The number of benzene rings is 1. The normalized spacial score (nSPS) is 11.9. The van der Waals surface area contributed by atoms with Crippen LogP contribution in [0.4, 0.5) is 5.69 Å². The van der Waals surface area contributed by atoms with E-state index < -0.39 is 5.97 Å². The number of carbonyl (C=O) groups is 1. The Morgan fingerprint density at radius 2 is 2.10 bits per heavy atom. The minimum atomic E-state index is -0.801. The fraction of sp³-hybridized carbons (Fsp3) is 0.304. The number of nitrogens with zero attached hydrogens (tertiary/aromatic N) is 4. The number of carboxylic acid groups (broad SMARTS) is 1. The SMILES string of the molecule is CC(C)CN(C(N)=NC#N)c1cccc(/C(=C\CCCC(=O)O)c2cccnc2)c1. The highest BCUT2D eigenvalue weighted by Gasteiger charge is 2.15. The number of hydrogen-bond acceptors (Lipinski definition) is 4. The molecule has 0 atom stereocenters. The van der Waals surface area contributed by atoms with Gasteiger partial charge in [0, 0.05) is 36.6 Å². The van der Waals surface area contributed by atoms with Crippen LogP contribution < -0.4 is 10.6 Å². The van der Waals surface area contributed by atoms with Crippen LogP contribution in [0.25, 0.3) is 5.57 Å². The summed E-state index contributed by atoms with van der Waals surface area (Å²) in [5.41, 5.74) is 9.74. The Morgan fingerprint density at radius 3 is 2.73 bits per heavy atom. The van der Waals surface area contributed by atoms with Gasteiger partial charge in [-0.25, -0.2) is 0 Å². The summed E-state index contributed by atoms with van der Waals surface area (Å²) in [5.74, 6) is -0.341. The van der Waals surface area contributed by atoms with E-state index in [0.717, 1.165) is 22.4 Å². The van der Waals surface area contributed by atoms with Gasteiger partial charge in [0.2, 0.25) is 12.2 Å². The molecule has 0 saturated carbocycles. The highest BCUT2D eigenvalue weighted by Crippen LogP contribution is 2.28. The zero-order valence-electron chi connectivity index (χ0n) is 17.3. The number of pyridine rings is 1. The van der Waals surface area contributed by atoms with Crippen LogP contribution in [0.1, 0.15) is 44.2 Å². The number of carboxylic acids is 1. The molecule has 0 saturated heterocycles. The zero-order valence-corrected chi connectivity index (χ0v) is 17.3. The average molecular weight is 406 g/mol. The number of allylic oxidation sites excluding steroid dienone is 1. The van der Waals surface area contributed by atoms with Crippen LogP contribution in [0.2, 0.25) is 0 Å². The number of anilines is 1. The van der Waals surface area contributed by atoms with E-state index >= 15 is 0 Å². The number of nitriles is 1. The van der Waals surface area contributed by atoms with E-state index in [1.165, 1.54) is 0 Å².